The van der Waals surface area contributed by atoms with E-state index in [1.165, 1.54) is 10.9 Å². The highest BCUT2D eigenvalue weighted by Crippen LogP contribution is 2.45. The van der Waals surface area contributed by atoms with E-state index in [0.29, 0.717) is 0 Å². The zero-order valence-electron chi connectivity index (χ0n) is 14.2. The number of nitrogens with one attached hydrogen (secondary N) is 1. The second-order valence-electron chi connectivity index (χ2n) is 6.85. The van der Waals surface area contributed by atoms with Crippen LogP contribution in [0, 0.1) is 0 Å². The van der Waals surface area contributed by atoms with Crippen LogP contribution >= 0.6 is 0 Å². The van der Waals surface area contributed by atoms with Crippen molar-refractivity contribution in [2.75, 3.05) is 18.9 Å². The molecule has 0 spiro atoms. The average Bonchev–Trinajstić information content (AvgIpc) is 3.30. The normalized spacial score (nSPS) is 36.7. The molecular formula is C15H21N5O7. The lowest BCUT2D eigenvalue weighted by atomic mass is 9.97. The van der Waals surface area contributed by atoms with Gasteiger partial charge in [0, 0.05) is 12.8 Å². The van der Waals surface area contributed by atoms with Gasteiger partial charge in [0.2, 0.25) is 0 Å². The van der Waals surface area contributed by atoms with Gasteiger partial charge in [-0.15, -0.1) is 0 Å². The standard InChI is InChI=1S/C15H21N5O7/c16-12-11-13(19-14(25)18-12)20(5-17-11)15(2-7(24)9(4-22)27-15)10-1-6(23)8(3-21)26-10/h5-10,21-24H,1-4H2,(H3,16,18,19,25)/t6-,7?,8+,9?,10?,15?/m1/s1. The summed E-state index contributed by atoms with van der Waals surface area (Å²) in [6.45, 7) is -0.834. The molecule has 2 saturated heterocycles. The number of imidazole rings is 1. The highest BCUT2D eigenvalue weighted by Gasteiger charge is 2.57. The smallest absolute Gasteiger partial charge is 0.348 e. The van der Waals surface area contributed by atoms with Crippen molar-refractivity contribution in [3.63, 3.8) is 0 Å². The molecule has 2 aliphatic rings. The fourth-order valence-electron chi connectivity index (χ4n) is 3.89. The number of rotatable bonds is 4. The molecule has 2 aromatic rings. The van der Waals surface area contributed by atoms with Gasteiger partial charge in [-0.1, -0.05) is 0 Å². The van der Waals surface area contributed by atoms with Crippen LogP contribution in [0.5, 0.6) is 0 Å². The van der Waals surface area contributed by atoms with E-state index in [0.717, 1.165) is 0 Å². The van der Waals surface area contributed by atoms with Gasteiger partial charge in [-0.25, -0.2) is 9.78 Å². The molecule has 4 heterocycles. The van der Waals surface area contributed by atoms with Crippen molar-refractivity contribution in [1.82, 2.24) is 19.5 Å². The summed E-state index contributed by atoms with van der Waals surface area (Å²) in [5.41, 5.74) is 4.07. The summed E-state index contributed by atoms with van der Waals surface area (Å²) in [7, 11) is 0. The van der Waals surface area contributed by atoms with Gasteiger partial charge in [-0.2, -0.15) is 4.98 Å². The van der Waals surface area contributed by atoms with Crippen LogP contribution in [0.2, 0.25) is 0 Å². The van der Waals surface area contributed by atoms with Crippen molar-refractivity contribution in [1.29, 1.82) is 0 Å². The molecular weight excluding hydrogens is 362 g/mol. The molecule has 12 heteroatoms. The number of aliphatic hydroxyl groups is 4. The van der Waals surface area contributed by atoms with Crippen LogP contribution in [-0.4, -0.2) is 83.7 Å². The summed E-state index contributed by atoms with van der Waals surface area (Å²) >= 11 is 0. The van der Waals surface area contributed by atoms with Crippen LogP contribution in [-0.2, 0) is 15.2 Å². The summed E-state index contributed by atoms with van der Waals surface area (Å²) in [5.74, 6) is 0.0248. The van der Waals surface area contributed by atoms with Crippen molar-refractivity contribution in [2.24, 2.45) is 0 Å². The summed E-state index contributed by atoms with van der Waals surface area (Å²) in [4.78, 5) is 22.2. The Morgan fingerprint density at radius 1 is 1.30 bits per heavy atom. The van der Waals surface area contributed by atoms with Crippen molar-refractivity contribution >= 4 is 17.0 Å². The molecule has 2 aliphatic heterocycles. The van der Waals surface area contributed by atoms with Crippen molar-refractivity contribution < 1.29 is 29.9 Å². The molecule has 4 unspecified atom stereocenters. The number of anilines is 1. The van der Waals surface area contributed by atoms with Gasteiger partial charge >= 0.3 is 5.69 Å². The first-order valence-corrected chi connectivity index (χ1v) is 8.54. The van der Waals surface area contributed by atoms with Crippen LogP contribution in [0.15, 0.2) is 11.1 Å². The molecule has 0 aromatic carbocycles. The third-order valence-electron chi connectivity index (χ3n) is 5.23. The maximum atomic E-state index is 11.8. The van der Waals surface area contributed by atoms with Gasteiger partial charge in [0.25, 0.3) is 0 Å². The fraction of sp³-hybridized carbons (Fsp3) is 0.667. The van der Waals surface area contributed by atoms with Crippen LogP contribution in [0.1, 0.15) is 12.8 Å². The lowest BCUT2D eigenvalue weighted by molar-refractivity contribution is -0.189. The van der Waals surface area contributed by atoms with Crippen LogP contribution in [0.25, 0.3) is 11.2 Å². The number of aliphatic hydroxyl groups excluding tert-OH is 4. The summed E-state index contributed by atoms with van der Waals surface area (Å²) in [6.07, 6.45) is -3.04. The molecule has 6 atom stereocenters. The summed E-state index contributed by atoms with van der Waals surface area (Å²) < 4.78 is 13.2. The fourth-order valence-corrected chi connectivity index (χ4v) is 3.89. The second kappa shape index (κ2) is 6.51. The maximum absolute atomic E-state index is 11.8. The first-order chi connectivity index (χ1) is 12.9. The minimum Gasteiger partial charge on any atom is -0.394 e. The number of nitrogens with two attached hydrogens (primary N) is 1. The highest BCUT2D eigenvalue weighted by atomic mass is 16.6. The van der Waals surface area contributed by atoms with E-state index >= 15 is 0 Å². The van der Waals surface area contributed by atoms with E-state index in [-0.39, 0.29) is 29.8 Å². The minimum absolute atomic E-state index is 0.00634. The Labute approximate surface area is 152 Å². The predicted molar refractivity (Wildman–Crippen MR) is 89.5 cm³/mol. The largest absolute Gasteiger partial charge is 0.394 e. The van der Waals surface area contributed by atoms with Gasteiger partial charge in [-0.05, 0) is 0 Å². The molecule has 2 aromatic heterocycles. The Bertz CT molecular complexity index is 900. The monoisotopic (exact) mass is 383 g/mol. The molecule has 7 N–H and O–H groups in total. The van der Waals surface area contributed by atoms with Gasteiger partial charge < -0.3 is 35.6 Å². The molecule has 0 bridgehead atoms. The summed E-state index contributed by atoms with van der Waals surface area (Å²) in [5, 5.41) is 39.4. The Morgan fingerprint density at radius 2 is 2.04 bits per heavy atom. The number of hydrogen-bond donors (Lipinski definition) is 6. The van der Waals surface area contributed by atoms with Crippen LogP contribution in [0.4, 0.5) is 5.82 Å². The molecule has 2 fully saturated rings. The number of nitrogen functional groups attached to an aromatic ring is 1. The molecule has 148 valence electrons. The molecule has 0 aliphatic carbocycles. The zero-order valence-corrected chi connectivity index (χ0v) is 14.2. The third kappa shape index (κ3) is 2.72. The van der Waals surface area contributed by atoms with Crippen LogP contribution < -0.4 is 11.4 Å². The Morgan fingerprint density at radius 3 is 2.67 bits per heavy atom. The van der Waals surface area contributed by atoms with E-state index in [2.05, 4.69) is 15.0 Å². The van der Waals surface area contributed by atoms with Gasteiger partial charge in [-0.3, -0.25) is 9.55 Å². The quantitative estimate of drug-likeness (QED) is 0.317. The number of aromatic amines is 1. The second-order valence-corrected chi connectivity index (χ2v) is 6.85. The first-order valence-electron chi connectivity index (χ1n) is 8.54. The lowest BCUT2D eigenvalue weighted by Crippen LogP contribution is -2.46. The average molecular weight is 383 g/mol. The predicted octanol–water partition coefficient (Wildman–Crippen LogP) is -2.99. The van der Waals surface area contributed by atoms with E-state index in [1.807, 2.05) is 0 Å². The maximum Gasteiger partial charge on any atom is 0.348 e. The number of H-pyrrole nitrogens is 1. The molecule has 12 nitrogen and oxygen atoms in total. The van der Waals surface area contributed by atoms with Gasteiger partial charge in [0.05, 0.1) is 31.7 Å². The number of aromatic nitrogens is 4. The van der Waals surface area contributed by atoms with E-state index < -0.39 is 55.1 Å². The Hall–Kier alpha value is -2.09. The highest BCUT2D eigenvalue weighted by molar-refractivity contribution is 5.81. The molecule has 0 amide bonds. The van der Waals surface area contributed by atoms with E-state index in [1.54, 1.807) is 0 Å². The first kappa shape index (κ1) is 18.3. The number of fused-ring (bicyclic) bond motifs is 1. The van der Waals surface area contributed by atoms with Crippen molar-refractivity contribution in [3.8, 4) is 0 Å². The molecule has 0 saturated carbocycles. The molecule has 0 radical (unpaired) electrons. The van der Waals surface area contributed by atoms with E-state index in [9.17, 15) is 25.2 Å². The Balaban J connectivity index is 1.87. The number of nitrogens with zero attached hydrogens (tertiary/aromatic N) is 3. The summed E-state index contributed by atoms with van der Waals surface area (Å²) in [6, 6.07) is 0. The topological polar surface area (TPSA) is 189 Å². The SMILES string of the molecule is Nc1[nH]c(=O)nc2c1ncn2C1(C2C[C@@H](O)[C@H](CO)O2)CC(O)C(CO)O1. The minimum atomic E-state index is -1.40. The molecule has 4 rings (SSSR count). The molecule has 27 heavy (non-hydrogen) atoms. The van der Waals surface area contributed by atoms with Gasteiger partial charge in [0.1, 0.15) is 29.6 Å². The van der Waals surface area contributed by atoms with Crippen LogP contribution in [0.3, 0.4) is 0 Å². The number of ether oxygens (including phenoxy) is 2. The van der Waals surface area contributed by atoms with Crippen molar-refractivity contribution in [2.45, 2.75) is 49.1 Å². The lowest BCUT2D eigenvalue weighted by Gasteiger charge is -2.35. The Kier molecular flexibility index (Phi) is 4.41. The van der Waals surface area contributed by atoms with Crippen molar-refractivity contribution in [3.05, 3.63) is 16.8 Å². The van der Waals surface area contributed by atoms with Gasteiger partial charge in [0.15, 0.2) is 11.4 Å². The third-order valence-corrected chi connectivity index (χ3v) is 5.23. The zero-order chi connectivity index (χ0) is 19.3. The van der Waals surface area contributed by atoms with E-state index in [4.69, 9.17) is 15.2 Å². The number of hydrogen-bond acceptors (Lipinski definition) is 10.